The van der Waals surface area contributed by atoms with E-state index in [1.54, 1.807) is 6.26 Å². The molecule has 0 aliphatic carbocycles. The van der Waals surface area contributed by atoms with Crippen LogP contribution in [-0.4, -0.2) is 33.2 Å². The maximum absolute atomic E-state index is 11.8. The number of aromatic nitrogens is 1. The third-order valence-corrected chi connectivity index (χ3v) is 3.42. The number of aryl methyl sites for hydroxylation is 1. The summed E-state index contributed by atoms with van der Waals surface area (Å²) in [5, 5.41) is 5.88. The topological polar surface area (TPSA) is 71.1 Å². The molecule has 1 amide bonds. The van der Waals surface area contributed by atoms with Crippen LogP contribution in [0.25, 0.3) is 0 Å². The summed E-state index contributed by atoms with van der Waals surface area (Å²) >= 11 is 0. The summed E-state index contributed by atoms with van der Waals surface area (Å²) in [5.74, 6) is 1.11. The van der Waals surface area contributed by atoms with E-state index in [0.717, 1.165) is 5.69 Å². The van der Waals surface area contributed by atoms with Crippen LogP contribution >= 0.6 is 0 Å². The van der Waals surface area contributed by atoms with Crippen LogP contribution in [0.15, 0.2) is 12.1 Å². The van der Waals surface area contributed by atoms with Gasteiger partial charge in [0.25, 0.3) is 0 Å². The van der Waals surface area contributed by atoms with Gasteiger partial charge < -0.3 is 10.6 Å². The summed E-state index contributed by atoms with van der Waals surface area (Å²) < 4.78 is 11.0. The van der Waals surface area contributed by atoms with Crippen LogP contribution in [0.3, 0.4) is 0 Å². The molecule has 2 atom stereocenters. The first kappa shape index (κ1) is 12.0. The van der Waals surface area contributed by atoms with Crippen molar-refractivity contribution in [1.29, 1.82) is 0 Å². The second kappa shape index (κ2) is 4.83. The summed E-state index contributed by atoms with van der Waals surface area (Å²) in [6.45, 7) is 1.90. The molecule has 1 aromatic heterocycles. The number of carbonyl (C=O) groups is 1. The molecule has 2 unspecified atom stereocenters. The molecule has 0 saturated heterocycles. The van der Waals surface area contributed by atoms with Crippen molar-refractivity contribution in [2.24, 2.45) is 0 Å². The van der Waals surface area contributed by atoms with Gasteiger partial charge in [0.05, 0.1) is 5.69 Å². The van der Waals surface area contributed by atoms with Gasteiger partial charge in [0.15, 0.2) is 5.82 Å². The fraction of sp³-hybridized carbons (Fsp3) is 0.455. The SMILES string of the molecule is Cc1ccc2c(n1)NC(CCS(C)=O)C(=O)N2. The largest absolute Gasteiger partial charge is 0.357 e. The average molecular weight is 253 g/mol. The Balaban J connectivity index is 2.14. The van der Waals surface area contributed by atoms with Crippen molar-refractivity contribution in [1.82, 2.24) is 4.98 Å². The average Bonchev–Trinajstić information content (AvgIpc) is 2.26. The van der Waals surface area contributed by atoms with Gasteiger partial charge in [-0.15, -0.1) is 0 Å². The van der Waals surface area contributed by atoms with E-state index in [4.69, 9.17) is 0 Å². The zero-order valence-electron chi connectivity index (χ0n) is 9.82. The van der Waals surface area contributed by atoms with Gasteiger partial charge in [0.1, 0.15) is 6.04 Å². The van der Waals surface area contributed by atoms with Gasteiger partial charge in [-0.3, -0.25) is 9.00 Å². The highest BCUT2D eigenvalue weighted by Crippen LogP contribution is 2.25. The molecule has 2 rings (SSSR count). The van der Waals surface area contributed by atoms with Crippen molar-refractivity contribution in [2.75, 3.05) is 22.6 Å². The Labute approximate surface area is 102 Å². The second-order valence-electron chi connectivity index (χ2n) is 4.10. The number of hydrogen-bond donors (Lipinski definition) is 2. The Morgan fingerprint density at radius 1 is 1.47 bits per heavy atom. The summed E-state index contributed by atoms with van der Waals surface area (Å²) in [6, 6.07) is 3.33. The van der Waals surface area contributed by atoms with E-state index in [1.807, 2.05) is 19.1 Å². The van der Waals surface area contributed by atoms with Gasteiger partial charge in [0, 0.05) is 28.5 Å². The highest BCUT2D eigenvalue weighted by molar-refractivity contribution is 7.84. The number of rotatable bonds is 3. The number of nitrogens with one attached hydrogen (secondary N) is 2. The van der Waals surface area contributed by atoms with E-state index < -0.39 is 10.8 Å². The van der Waals surface area contributed by atoms with E-state index in [1.165, 1.54) is 0 Å². The Hall–Kier alpha value is -1.43. The summed E-state index contributed by atoms with van der Waals surface area (Å²) in [5.41, 5.74) is 1.60. The zero-order chi connectivity index (χ0) is 12.4. The minimum absolute atomic E-state index is 0.0893. The third-order valence-electron chi connectivity index (χ3n) is 2.61. The predicted molar refractivity (Wildman–Crippen MR) is 68.6 cm³/mol. The first-order valence-electron chi connectivity index (χ1n) is 5.41. The van der Waals surface area contributed by atoms with E-state index in [9.17, 15) is 9.00 Å². The van der Waals surface area contributed by atoms with Crippen molar-refractivity contribution in [2.45, 2.75) is 19.4 Å². The zero-order valence-corrected chi connectivity index (χ0v) is 10.6. The van der Waals surface area contributed by atoms with Crippen LogP contribution in [0.4, 0.5) is 11.5 Å². The molecule has 0 radical (unpaired) electrons. The molecule has 2 N–H and O–H groups in total. The van der Waals surface area contributed by atoms with Crippen LogP contribution in [0.2, 0.25) is 0 Å². The molecule has 0 spiro atoms. The molecule has 2 heterocycles. The number of anilines is 2. The van der Waals surface area contributed by atoms with Crippen molar-refractivity contribution >= 4 is 28.2 Å². The first-order chi connectivity index (χ1) is 8.06. The van der Waals surface area contributed by atoms with E-state index >= 15 is 0 Å². The van der Waals surface area contributed by atoms with E-state index in [-0.39, 0.29) is 11.9 Å². The summed E-state index contributed by atoms with van der Waals surface area (Å²) in [4.78, 5) is 16.1. The quantitative estimate of drug-likeness (QED) is 0.839. The summed E-state index contributed by atoms with van der Waals surface area (Å²) in [6.07, 6.45) is 2.18. The Kier molecular flexibility index (Phi) is 3.42. The molecule has 0 bridgehead atoms. The molecule has 1 aromatic rings. The fourth-order valence-corrected chi connectivity index (χ4v) is 2.27. The lowest BCUT2D eigenvalue weighted by molar-refractivity contribution is -0.117. The lowest BCUT2D eigenvalue weighted by atomic mass is 10.1. The smallest absolute Gasteiger partial charge is 0.247 e. The van der Waals surface area contributed by atoms with Gasteiger partial charge in [-0.05, 0) is 25.5 Å². The second-order valence-corrected chi connectivity index (χ2v) is 5.66. The van der Waals surface area contributed by atoms with Crippen molar-refractivity contribution < 1.29 is 9.00 Å². The lowest BCUT2D eigenvalue weighted by Crippen LogP contribution is -2.40. The number of pyridine rings is 1. The first-order valence-corrected chi connectivity index (χ1v) is 7.14. The molecule has 0 fully saturated rings. The number of fused-ring (bicyclic) bond motifs is 1. The molecule has 0 saturated carbocycles. The van der Waals surface area contributed by atoms with Crippen molar-refractivity contribution in [3.8, 4) is 0 Å². The molecule has 92 valence electrons. The standard InChI is InChI=1S/C11H15N3O2S/c1-7-3-4-8-10(12-7)13-9(11(15)14-8)5-6-17(2)16/h3-4,9H,5-6H2,1-2H3,(H,12,13)(H,14,15). The van der Waals surface area contributed by atoms with Crippen LogP contribution in [0.1, 0.15) is 12.1 Å². The molecule has 1 aliphatic rings. The molecule has 1 aliphatic heterocycles. The van der Waals surface area contributed by atoms with Crippen molar-refractivity contribution in [3.05, 3.63) is 17.8 Å². The van der Waals surface area contributed by atoms with Crippen LogP contribution in [0.5, 0.6) is 0 Å². The predicted octanol–water partition coefficient (Wildman–Crippen LogP) is 0.891. The summed E-state index contributed by atoms with van der Waals surface area (Å²) in [7, 11) is -0.885. The normalized spacial score (nSPS) is 20.1. The van der Waals surface area contributed by atoms with Gasteiger partial charge in [-0.1, -0.05) is 0 Å². The fourth-order valence-electron chi connectivity index (χ4n) is 1.71. The lowest BCUT2D eigenvalue weighted by Gasteiger charge is -2.25. The minimum Gasteiger partial charge on any atom is -0.357 e. The Morgan fingerprint density at radius 3 is 2.94 bits per heavy atom. The van der Waals surface area contributed by atoms with Gasteiger partial charge in [-0.2, -0.15) is 0 Å². The van der Waals surface area contributed by atoms with Gasteiger partial charge >= 0.3 is 0 Å². The highest BCUT2D eigenvalue weighted by Gasteiger charge is 2.26. The minimum atomic E-state index is -0.885. The van der Waals surface area contributed by atoms with E-state index in [0.29, 0.717) is 23.7 Å². The monoisotopic (exact) mass is 253 g/mol. The molecular formula is C11H15N3O2S. The molecule has 17 heavy (non-hydrogen) atoms. The molecular weight excluding hydrogens is 238 g/mol. The number of hydrogen-bond acceptors (Lipinski definition) is 4. The Bertz CT molecular complexity index is 476. The maximum Gasteiger partial charge on any atom is 0.247 e. The molecule has 5 nitrogen and oxygen atoms in total. The van der Waals surface area contributed by atoms with Gasteiger partial charge in [-0.25, -0.2) is 4.98 Å². The van der Waals surface area contributed by atoms with Crippen LogP contribution in [-0.2, 0) is 15.6 Å². The van der Waals surface area contributed by atoms with Crippen LogP contribution in [0, 0.1) is 6.92 Å². The highest BCUT2D eigenvalue weighted by atomic mass is 32.2. The Morgan fingerprint density at radius 2 is 2.24 bits per heavy atom. The van der Waals surface area contributed by atoms with Crippen molar-refractivity contribution in [3.63, 3.8) is 0 Å². The number of nitrogens with zero attached hydrogens (tertiary/aromatic N) is 1. The van der Waals surface area contributed by atoms with Crippen LogP contribution < -0.4 is 10.6 Å². The van der Waals surface area contributed by atoms with Gasteiger partial charge in [0.2, 0.25) is 5.91 Å². The molecule has 0 aromatic carbocycles. The number of amides is 1. The third kappa shape index (κ3) is 2.82. The number of carbonyl (C=O) groups excluding carboxylic acids is 1. The molecule has 6 heteroatoms. The van der Waals surface area contributed by atoms with E-state index in [2.05, 4.69) is 15.6 Å². The maximum atomic E-state index is 11.8.